The molecule has 21 heavy (non-hydrogen) atoms. The molecule has 3 aromatic rings. The molecule has 0 saturated heterocycles. The second-order valence-corrected chi connectivity index (χ2v) is 5.71. The standard InChI is InChI=1S/C18H15NOS/c1-19(16-9-3-2-4-10-16)18(20)15-8-5-7-14(13-15)17-11-6-12-21-17/h2-13H,1H3. The van der Waals surface area contributed by atoms with Gasteiger partial charge in [-0.15, -0.1) is 11.3 Å². The molecule has 1 amide bonds. The first-order valence-electron chi connectivity index (χ1n) is 6.73. The molecular formula is C18H15NOS. The summed E-state index contributed by atoms with van der Waals surface area (Å²) < 4.78 is 0. The van der Waals surface area contributed by atoms with Crippen molar-refractivity contribution in [2.45, 2.75) is 0 Å². The van der Waals surface area contributed by atoms with Crippen molar-refractivity contribution in [3.63, 3.8) is 0 Å². The number of carbonyl (C=O) groups excluding carboxylic acids is 1. The topological polar surface area (TPSA) is 20.3 Å². The van der Waals surface area contributed by atoms with Gasteiger partial charge in [0.15, 0.2) is 0 Å². The highest BCUT2D eigenvalue weighted by Gasteiger charge is 2.13. The first kappa shape index (κ1) is 13.6. The van der Waals surface area contributed by atoms with E-state index in [1.54, 1.807) is 23.3 Å². The number of anilines is 1. The third-order valence-electron chi connectivity index (χ3n) is 3.36. The molecule has 3 heteroatoms. The van der Waals surface area contributed by atoms with E-state index in [9.17, 15) is 4.79 Å². The summed E-state index contributed by atoms with van der Waals surface area (Å²) in [6, 6.07) is 21.5. The van der Waals surface area contributed by atoms with E-state index in [-0.39, 0.29) is 5.91 Å². The molecule has 0 aliphatic carbocycles. The number of thiophene rings is 1. The fraction of sp³-hybridized carbons (Fsp3) is 0.0556. The number of amides is 1. The van der Waals surface area contributed by atoms with Gasteiger partial charge in [0.2, 0.25) is 0 Å². The second-order valence-electron chi connectivity index (χ2n) is 4.76. The van der Waals surface area contributed by atoms with E-state index in [0.29, 0.717) is 5.56 Å². The van der Waals surface area contributed by atoms with Crippen molar-refractivity contribution < 1.29 is 4.79 Å². The van der Waals surface area contributed by atoms with Gasteiger partial charge < -0.3 is 4.90 Å². The van der Waals surface area contributed by atoms with E-state index in [1.165, 1.54) is 4.88 Å². The molecule has 0 N–H and O–H groups in total. The highest BCUT2D eigenvalue weighted by Crippen LogP contribution is 2.26. The Kier molecular flexibility index (Phi) is 3.84. The van der Waals surface area contributed by atoms with Gasteiger partial charge in [0.05, 0.1) is 0 Å². The maximum Gasteiger partial charge on any atom is 0.258 e. The molecule has 2 nitrogen and oxygen atoms in total. The van der Waals surface area contributed by atoms with Crippen LogP contribution in [0.15, 0.2) is 72.1 Å². The van der Waals surface area contributed by atoms with E-state index in [4.69, 9.17) is 0 Å². The van der Waals surface area contributed by atoms with Crippen LogP contribution in [0.1, 0.15) is 10.4 Å². The molecule has 104 valence electrons. The molecule has 0 unspecified atom stereocenters. The molecule has 0 aliphatic rings. The van der Waals surface area contributed by atoms with E-state index >= 15 is 0 Å². The number of benzene rings is 2. The molecule has 0 radical (unpaired) electrons. The predicted octanol–water partition coefficient (Wildman–Crippen LogP) is 4.69. The van der Waals surface area contributed by atoms with Crippen molar-refractivity contribution in [1.29, 1.82) is 0 Å². The van der Waals surface area contributed by atoms with Gasteiger partial charge in [-0.25, -0.2) is 0 Å². The zero-order valence-corrected chi connectivity index (χ0v) is 12.5. The maximum atomic E-state index is 12.6. The lowest BCUT2D eigenvalue weighted by atomic mass is 10.1. The van der Waals surface area contributed by atoms with Crippen LogP contribution in [0.3, 0.4) is 0 Å². The number of nitrogens with zero attached hydrogens (tertiary/aromatic N) is 1. The zero-order chi connectivity index (χ0) is 14.7. The SMILES string of the molecule is CN(C(=O)c1cccc(-c2cccs2)c1)c1ccccc1. The van der Waals surface area contributed by atoms with Crippen LogP contribution in [0.25, 0.3) is 10.4 Å². The maximum absolute atomic E-state index is 12.6. The van der Waals surface area contributed by atoms with Gasteiger partial charge >= 0.3 is 0 Å². The number of rotatable bonds is 3. The lowest BCUT2D eigenvalue weighted by Crippen LogP contribution is -2.26. The van der Waals surface area contributed by atoms with Crippen LogP contribution < -0.4 is 4.90 Å². The minimum Gasteiger partial charge on any atom is -0.311 e. The number of carbonyl (C=O) groups is 1. The lowest BCUT2D eigenvalue weighted by molar-refractivity contribution is 0.0993. The van der Waals surface area contributed by atoms with Crippen molar-refractivity contribution in [1.82, 2.24) is 0 Å². The largest absolute Gasteiger partial charge is 0.311 e. The highest BCUT2D eigenvalue weighted by molar-refractivity contribution is 7.13. The Morgan fingerprint density at radius 1 is 0.952 bits per heavy atom. The Balaban J connectivity index is 1.90. The Hall–Kier alpha value is -2.39. The lowest BCUT2D eigenvalue weighted by Gasteiger charge is -2.17. The second kappa shape index (κ2) is 5.94. The molecule has 0 spiro atoms. The van der Waals surface area contributed by atoms with Crippen LogP contribution in [0.4, 0.5) is 5.69 Å². The summed E-state index contributed by atoms with van der Waals surface area (Å²) in [5, 5.41) is 2.04. The van der Waals surface area contributed by atoms with Crippen LogP contribution in [-0.2, 0) is 0 Å². The molecular weight excluding hydrogens is 278 g/mol. The van der Waals surface area contributed by atoms with E-state index < -0.39 is 0 Å². The summed E-state index contributed by atoms with van der Waals surface area (Å²) in [4.78, 5) is 15.4. The van der Waals surface area contributed by atoms with Crippen molar-refractivity contribution in [2.24, 2.45) is 0 Å². The van der Waals surface area contributed by atoms with Crippen LogP contribution in [0.2, 0.25) is 0 Å². The van der Waals surface area contributed by atoms with Gasteiger partial charge in [0.1, 0.15) is 0 Å². The molecule has 3 rings (SSSR count). The van der Waals surface area contributed by atoms with Gasteiger partial charge in [-0.1, -0.05) is 36.4 Å². The molecule has 0 fully saturated rings. The summed E-state index contributed by atoms with van der Waals surface area (Å²) in [5.74, 6) is -0.000365. The molecule has 2 aromatic carbocycles. The minimum absolute atomic E-state index is 0.000365. The Morgan fingerprint density at radius 2 is 1.76 bits per heavy atom. The predicted molar refractivity (Wildman–Crippen MR) is 88.9 cm³/mol. The first-order chi connectivity index (χ1) is 10.3. The van der Waals surface area contributed by atoms with Gasteiger partial charge in [0, 0.05) is 23.2 Å². The monoisotopic (exact) mass is 293 g/mol. The molecule has 1 aromatic heterocycles. The van der Waals surface area contributed by atoms with Crippen molar-refractivity contribution in [3.05, 3.63) is 77.7 Å². The highest BCUT2D eigenvalue weighted by atomic mass is 32.1. The summed E-state index contributed by atoms with van der Waals surface area (Å²) in [6.07, 6.45) is 0. The van der Waals surface area contributed by atoms with Crippen molar-refractivity contribution >= 4 is 22.9 Å². The molecule has 0 atom stereocenters. The minimum atomic E-state index is -0.000365. The Labute approximate surface area is 128 Å². The third-order valence-corrected chi connectivity index (χ3v) is 4.28. The number of para-hydroxylation sites is 1. The average Bonchev–Trinajstić information content (AvgIpc) is 3.09. The smallest absolute Gasteiger partial charge is 0.258 e. The summed E-state index contributed by atoms with van der Waals surface area (Å²) >= 11 is 1.68. The summed E-state index contributed by atoms with van der Waals surface area (Å²) in [6.45, 7) is 0. The third kappa shape index (κ3) is 2.88. The van der Waals surface area contributed by atoms with Gasteiger partial charge in [-0.05, 0) is 41.3 Å². The fourth-order valence-corrected chi connectivity index (χ4v) is 2.93. The Morgan fingerprint density at radius 3 is 2.48 bits per heavy atom. The molecule has 0 saturated carbocycles. The molecule has 0 bridgehead atoms. The van der Waals surface area contributed by atoms with Crippen LogP contribution in [0, 0.1) is 0 Å². The fourth-order valence-electron chi connectivity index (χ4n) is 2.21. The van der Waals surface area contributed by atoms with Crippen LogP contribution in [0.5, 0.6) is 0 Å². The summed E-state index contributed by atoms with van der Waals surface area (Å²) in [5.41, 5.74) is 2.67. The van der Waals surface area contributed by atoms with Crippen LogP contribution in [-0.4, -0.2) is 13.0 Å². The normalized spacial score (nSPS) is 10.3. The van der Waals surface area contributed by atoms with Crippen LogP contribution >= 0.6 is 11.3 Å². The first-order valence-corrected chi connectivity index (χ1v) is 7.61. The van der Waals surface area contributed by atoms with Crippen molar-refractivity contribution in [2.75, 3.05) is 11.9 Å². The average molecular weight is 293 g/mol. The van der Waals surface area contributed by atoms with Crippen molar-refractivity contribution in [3.8, 4) is 10.4 Å². The molecule has 0 aliphatic heterocycles. The molecule has 1 heterocycles. The van der Waals surface area contributed by atoms with Gasteiger partial charge in [0.25, 0.3) is 5.91 Å². The Bertz CT molecular complexity index is 735. The zero-order valence-electron chi connectivity index (χ0n) is 11.7. The van der Waals surface area contributed by atoms with E-state index in [0.717, 1.165) is 11.3 Å². The summed E-state index contributed by atoms with van der Waals surface area (Å²) in [7, 11) is 1.80. The van der Waals surface area contributed by atoms with Gasteiger partial charge in [-0.2, -0.15) is 0 Å². The van der Waals surface area contributed by atoms with E-state index in [2.05, 4.69) is 6.07 Å². The number of hydrogen-bond donors (Lipinski definition) is 0. The van der Waals surface area contributed by atoms with Gasteiger partial charge in [-0.3, -0.25) is 4.79 Å². The van der Waals surface area contributed by atoms with E-state index in [1.807, 2.05) is 66.0 Å². The number of hydrogen-bond acceptors (Lipinski definition) is 2. The quantitative estimate of drug-likeness (QED) is 0.686.